The molecule has 0 spiro atoms. The molecule has 1 nitrogen and oxygen atoms in total. The summed E-state index contributed by atoms with van der Waals surface area (Å²) < 4.78 is -0.205. The number of rotatable bonds is 3. The van der Waals surface area contributed by atoms with Crippen molar-refractivity contribution in [3.8, 4) is 5.75 Å². The average Bonchev–Trinajstić information content (AvgIpc) is 2.11. The van der Waals surface area contributed by atoms with Gasteiger partial charge in [-0.15, -0.1) is 0 Å². The van der Waals surface area contributed by atoms with Gasteiger partial charge in [-0.25, -0.2) is 0 Å². The standard InChI is InChI=1S/C15H21As3O/c1-13(2,16)9-7-8-10(19)12(15(5,6)18)11(9)14(3,4)17/h7-8,19H,1-6H3. The molecule has 102 valence electrons. The van der Waals surface area contributed by atoms with E-state index in [4.69, 9.17) is 0 Å². The molecule has 1 aromatic rings. The van der Waals surface area contributed by atoms with Crippen LogP contribution in [0.4, 0.5) is 0 Å². The summed E-state index contributed by atoms with van der Waals surface area (Å²) in [5.74, 6) is 0.389. The van der Waals surface area contributed by atoms with E-state index in [0.29, 0.717) is 5.75 Å². The quantitative estimate of drug-likeness (QED) is 0.715. The molecule has 0 amide bonds. The number of benzene rings is 1. The van der Waals surface area contributed by atoms with Gasteiger partial charge in [0, 0.05) is 0 Å². The van der Waals surface area contributed by atoms with Crippen molar-refractivity contribution in [1.29, 1.82) is 0 Å². The average molecular weight is 442 g/mol. The van der Waals surface area contributed by atoms with Crippen molar-refractivity contribution >= 4 is 50.6 Å². The van der Waals surface area contributed by atoms with Crippen LogP contribution in [-0.2, 0) is 12.6 Å². The van der Waals surface area contributed by atoms with Crippen LogP contribution in [0, 0.1) is 0 Å². The Balaban J connectivity index is 3.82. The van der Waals surface area contributed by atoms with Crippen LogP contribution in [0.15, 0.2) is 12.1 Å². The van der Waals surface area contributed by atoms with Crippen LogP contribution in [0.25, 0.3) is 0 Å². The van der Waals surface area contributed by atoms with E-state index in [2.05, 4.69) is 98.2 Å². The third-order valence-corrected chi connectivity index (χ3v) is 4.51. The SMILES string of the molecule is CC(C)([As])c1ccc(O)c(C(C)(C)[As])c1C(C)(C)[As]. The number of hydrogen-bond acceptors (Lipinski definition) is 1. The van der Waals surface area contributed by atoms with E-state index in [1.165, 1.54) is 11.1 Å². The number of phenolic OH excluding ortho intramolecular Hbond substituents is 1. The molecule has 0 atom stereocenters. The van der Waals surface area contributed by atoms with Crippen LogP contribution in [0.2, 0.25) is 0 Å². The van der Waals surface area contributed by atoms with Crippen molar-refractivity contribution in [2.75, 3.05) is 0 Å². The van der Waals surface area contributed by atoms with Gasteiger partial charge in [0.15, 0.2) is 0 Å². The first-order valence-electron chi connectivity index (χ1n) is 6.31. The molecule has 6 radical (unpaired) electrons. The summed E-state index contributed by atoms with van der Waals surface area (Å²) >= 11 is 8.15. The van der Waals surface area contributed by atoms with Gasteiger partial charge in [0.1, 0.15) is 0 Å². The summed E-state index contributed by atoms with van der Waals surface area (Å²) in [5.41, 5.74) is 3.56. The van der Waals surface area contributed by atoms with E-state index in [1.807, 2.05) is 6.07 Å². The van der Waals surface area contributed by atoms with Gasteiger partial charge in [0.25, 0.3) is 0 Å². The Hall–Kier alpha value is 0.695. The van der Waals surface area contributed by atoms with Gasteiger partial charge in [0.05, 0.1) is 0 Å². The van der Waals surface area contributed by atoms with E-state index in [-0.39, 0.29) is 12.6 Å². The van der Waals surface area contributed by atoms with E-state index in [1.54, 1.807) is 0 Å². The zero-order valence-electron chi connectivity index (χ0n) is 12.4. The topological polar surface area (TPSA) is 20.2 Å². The summed E-state index contributed by atoms with van der Waals surface area (Å²) in [6.07, 6.45) is 0. The first-order valence-corrected chi connectivity index (χ1v) is 9.12. The van der Waals surface area contributed by atoms with Crippen molar-refractivity contribution < 1.29 is 5.11 Å². The summed E-state index contributed by atoms with van der Waals surface area (Å²) in [5, 5.41) is 10.4. The Morgan fingerprint density at radius 3 is 1.47 bits per heavy atom. The van der Waals surface area contributed by atoms with Gasteiger partial charge in [-0.1, -0.05) is 0 Å². The molecule has 1 rings (SSSR count). The summed E-state index contributed by atoms with van der Waals surface area (Å²) in [7, 11) is 0. The van der Waals surface area contributed by atoms with Crippen LogP contribution >= 0.6 is 0 Å². The number of hydrogen-bond donors (Lipinski definition) is 1. The van der Waals surface area contributed by atoms with Crippen LogP contribution in [-0.4, -0.2) is 55.7 Å². The molecule has 1 N–H and O–H groups in total. The van der Waals surface area contributed by atoms with E-state index in [9.17, 15) is 5.11 Å². The normalized spacial score (nSPS) is 13.7. The first kappa shape index (κ1) is 17.7. The van der Waals surface area contributed by atoms with Crippen molar-refractivity contribution in [3.63, 3.8) is 0 Å². The molecule has 0 unspecified atom stereocenters. The Morgan fingerprint density at radius 2 is 1.16 bits per heavy atom. The molecule has 0 aliphatic carbocycles. The fourth-order valence-corrected chi connectivity index (χ4v) is 3.71. The first-order chi connectivity index (χ1) is 8.26. The summed E-state index contributed by atoms with van der Waals surface area (Å²) in [4.78, 5) is 0. The maximum atomic E-state index is 10.4. The van der Waals surface area contributed by atoms with Crippen LogP contribution < -0.4 is 0 Å². The fourth-order valence-electron chi connectivity index (χ4n) is 2.36. The second-order valence-electron chi connectivity index (χ2n) is 6.56. The Kier molecular flexibility index (Phi) is 5.11. The van der Waals surface area contributed by atoms with E-state index < -0.39 is 0 Å². The van der Waals surface area contributed by atoms with E-state index >= 15 is 0 Å². The number of aromatic hydroxyl groups is 1. The van der Waals surface area contributed by atoms with E-state index in [0.717, 1.165) is 5.56 Å². The second-order valence-corrected chi connectivity index (χ2v) is 13.6. The van der Waals surface area contributed by atoms with Crippen LogP contribution in [0.5, 0.6) is 5.75 Å². The zero-order valence-corrected chi connectivity index (χ0v) is 18.1. The Morgan fingerprint density at radius 1 is 0.737 bits per heavy atom. The molecule has 0 saturated carbocycles. The number of phenols is 1. The zero-order chi connectivity index (χ0) is 15.2. The molecule has 19 heavy (non-hydrogen) atoms. The van der Waals surface area contributed by atoms with Gasteiger partial charge in [-0.05, 0) is 0 Å². The van der Waals surface area contributed by atoms with Crippen molar-refractivity contribution in [2.24, 2.45) is 0 Å². The summed E-state index contributed by atoms with van der Waals surface area (Å²) in [6.45, 7) is 13.0. The third kappa shape index (κ3) is 4.09. The molecule has 0 bridgehead atoms. The third-order valence-electron chi connectivity index (χ3n) is 3.07. The molecule has 0 heterocycles. The van der Waals surface area contributed by atoms with Crippen LogP contribution in [0.3, 0.4) is 0 Å². The van der Waals surface area contributed by atoms with Crippen molar-refractivity contribution in [2.45, 2.75) is 54.2 Å². The Labute approximate surface area is 143 Å². The van der Waals surface area contributed by atoms with Gasteiger partial charge < -0.3 is 0 Å². The van der Waals surface area contributed by atoms with Crippen molar-refractivity contribution in [1.82, 2.24) is 0 Å². The van der Waals surface area contributed by atoms with Gasteiger partial charge >= 0.3 is 144 Å². The Bertz CT molecular complexity index is 474. The maximum absolute atomic E-state index is 10.4. The van der Waals surface area contributed by atoms with Gasteiger partial charge in [0.2, 0.25) is 0 Å². The second kappa shape index (κ2) is 5.48. The molecular formula is C15H21As3O. The molecule has 0 aliphatic heterocycles. The molecule has 4 heteroatoms. The molecule has 0 aromatic heterocycles. The van der Waals surface area contributed by atoms with Gasteiger partial charge in [-0.2, -0.15) is 0 Å². The van der Waals surface area contributed by atoms with Crippen LogP contribution in [0.1, 0.15) is 58.2 Å². The summed E-state index contributed by atoms with van der Waals surface area (Å²) in [6, 6.07) is 3.89. The minimum atomic E-state index is -0.141. The molecular weight excluding hydrogens is 421 g/mol. The van der Waals surface area contributed by atoms with Crippen molar-refractivity contribution in [3.05, 3.63) is 28.8 Å². The minimum absolute atomic E-state index is 0.000231. The van der Waals surface area contributed by atoms with Gasteiger partial charge in [-0.3, -0.25) is 0 Å². The predicted octanol–water partition coefficient (Wildman–Crippen LogP) is 2.60. The molecule has 0 aliphatic rings. The predicted molar refractivity (Wildman–Crippen MR) is 84.4 cm³/mol. The molecule has 0 fully saturated rings. The fraction of sp³-hybridized carbons (Fsp3) is 0.600. The monoisotopic (exact) mass is 442 g/mol. The molecule has 0 saturated heterocycles. The molecule has 1 aromatic carbocycles.